The van der Waals surface area contributed by atoms with Gasteiger partial charge in [-0.15, -0.1) is 0 Å². The average molecular weight is 329 g/mol. The number of aliphatic imine (C=N–C) groups is 1. The molecular formula is C18H21BFNO3. The van der Waals surface area contributed by atoms with Gasteiger partial charge >= 0.3 is 7.12 Å². The number of halogens is 1. The lowest BCUT2D eigenvalue weighted by Crippen LogP contribution is -2.29. The predicted octanol–water partition coefficient (Wildman–Crippen LogP) is 2.25. The number of ether oxygens (including phenoxy) is 1. The third-order valence-corrected chi connectivity index (χ3v) is 3.61. The highest BCUT2D eigenvalue weighted by Crippen LogP contribution is 2.31. The van der Waals surface area contributed by atoms with Gasteiger partial charge in [-0.3, -0.25) is 0 Å². The molecule has 3 rings (SSSR count). The first-order valence-electron chi connectivity index (χ1n) is 8.01. The topological polar surface area (TPSA) is 62.0 Å². The van der Waals surface area contributed by atoms with Crippen molar-refractivity contribution < 1.29 is 19.2 Å². The Hall–Kier alpha value is -2.18. The number of benzene rings is 2. The Morgan fingerprint density at radius 1 is 1.04 bits per heavy atom. The van der Waals surface area contributed by atoms with Crippen LogP contribution in [0.1, 0.15) is 31.1 Å². The van der Waals surface area contributed by atoms with Gasteiger partial charge in [0.2, 0.25) is 5.90 Å². The first-order valence-corrected chi connectivity index (χ1v) is 8.01. The zero-order chi connectivity index (χ0) is 17.5. The maximum atomic E-state index is 13.3. The van der Waals surface area contributed by atoms with Gasteiger partial charge in [0.15, 0.2) is 6.10 Å². The first-order chi connectivity index (χ1) is 11.7. The highest BCUT2D eigenvalue weighted by molar-refractivity contribution is 6.58. The fourth-order valence-corrected chi connectivity index (χ4v) is 2.43. The fraction of sp³-hybridized carbons (Fsp3) is 0.278. The molecule has 0 saturated carbocycles. The molecule has 2 aromatic carbocycles. The van der Waals surface area contributed by atoms with Crippen LogP contribution in [0, 0.1) is 0 Å². The Labute approximate surface area is 141 Å². The van der Waals surface area contributed by atoms with Crippen LogP contribution in [0.3, 0.4) is 0 Å². The molecule has 1 aliphatic heterocycles. The number of alkyl halides is 1. The van der Waals surface area contributed by atoms with E-state index in [1.165, 1.54) is 0 Å². The molecule has 0 bridgehead atoms. The summed E-state index contributed by atoms with van der Waals surface area (Å²) >= 11 is 0. The van der Waals surface area contributed by atoms with E-state index in [4.69, 9.17) is 14.8 Å². The van der Waals surface area contributed by atoms with Crippen molar-refractivity contribution in [2.45, 2.75) is 26.0 Å². The lowest BCUT2D eigenvalue weighted by Gasteiger charge is -2.16. The zero-order valence-electron chi connectivity index (χ0n) is 13.8. The zero-order valence-corrected chi connectivity index (χ0v) is 13.8. The monoisotopic (exact) mass is 329 g/mol. The van der Waals surface area contributed by atoms with E-state index in [1.807, 2.05) is 44.2 Å². The standard InChI is InChI=1S/C16H15BFNO3.C2H6/c18-10-14-15(11-6-8-13(9-7-11)17(20)21)22-16(19-14)12-4-2-1-3-5-12;1-2/h1-9,14-15,20-21H,10H2;1-2H3/t14-,15-;/m1./s1. The Kier molecular flexibility index (Phi) is 6.52. The third kappa shape index (κ3) is 4.02. The molecule has 0 aromatic heterocycles. The minimum absolute atomic E-state index is 0.378. The quantitative estimate of drug-likeness (QED) is 0.846. The maximum absolute atomic E-state index is 13.3. The number of hydrogen-bond donors (Lipinski definition) is 2. The van der Waals surface area contributed by atoms with Gasteiger partial charge in [-0.25, -0.2) is 9.38 Å². The summed E-state index contributed by atoms with van der Waals surface area (Å²) in [5.41, 5.74) is 1.94. The van der Waals surface area contributed by atoms with E-state index in [0.29, 0.717) is 11.4 Å². The lowest BCUT2D eigenvalue weighted by atomic mass is 9.80. The molecular weight excluding hydrogens is 308 g/mol. The van der Waals surface area contributed by atoms with E-state index in [-0.39, 0.29) is 0 Å². The van der Waals surface area contributed by atoms with Crippen LogP contribution in [0.4, 0.5) is 4.39 Å². The summed E-state index contributed by atoms with van der Waals surface area (Å²) in [5, 5.41) is 18.2. The molecule has 4 nitrogen and oxygen atoms in total. The van der Waals surface area contributed by atoms with Crippen molar-refractivity contribution in [2.75, 3.05) is 6.67 Å². The molecule has 2 N–H and O–H groups in total. The Bertz CT molecular complexity index is 662. The number of nitrogens with zero attached hydrogens (tertiary/aromatic N) is 1. The SMILES string of the molecule is CC.OB(O)c1ccc([C@H]2OC(c3ccccc3)=N[C@@H]2CF)cc1. The van der Waals surface area contributed by atoms with Crippen LogP contribution in [0.25, 0.3) is 0 Å². The molecule has 0 radical (unpaired) electrons. The number of hydrogen-bond acceptors (Lipinski definition) is 4. The summed E-state index contributed by atoms with van der Waals surface area (Å²) < 4.78 is 19.1. The molecule has 126 valence electrons. The van der Waals surface area contributed by atoms with Crippen molar-refractivity contribution in [1.29, 1.82) is 0 Å². The largest absolute Gasteiger partial charge is 0.488 e. The summed E-state index contributed by atoms with van der Waals surface area (Å²) in [4.78, 5) is 4.31. The summed E-state index contributed by atoms with van der Waals surface area (Å²) in [5.74, 6) is 0.430. The summed E-state index contributed by atoms with van der Waals surface area (Å²) in [6, 6.07) is 15.3. The molecule has 24 heavy (non-hydrogen) atoms. The minimum atomic E-state index is -1.52. The van der Waals surface area contributed by atoms with Crippen molar-refractivity contribution in [2.24, 2.45) is 4.99 Å². The second-order valence-corrected chi connectivity index (χ2v) is 5.10. The predicted molar refractivity (Wildman–Crippen MR) is 94.2 cm³/mol. The lowest BCUT2D eigenvalue weighted by molar-refractivity contribution is 0.181. The van der Waals surface area contributed by atoms with E-state index in [0.717, 1.165) is 11.1 Å². The average Bonchev–Trinajstić information content (AvgIpc) is 3.08. The van der Waals surface area contributed by atoms with Crippen molar-refractivity contribution in [3.63, 3.8) is 0 Å². The maximum Gasteiger partial charge on any atom is 0.488 e. The molecule has 0 unspecified atom stereocenters. The summed E-state index contributed by atoms with van der Waals surface area (Å²) in [6.07, 6.45) is -0.509. The van der Waals surface area contributed by atoms with Crippen LogP contribution in [-0.2, 0) is 4.74 Å². The third-order valence-electron chi connectivity index (χ3n) is 3.61. The second kappa shape index (κ2) is 8.61. The van der Waals surface area contributed by atoms with E-state index >= 15 is 0 Å². The summed E-state index contributed by atoms with van der Waals surface area (Å²) in [6.45, 7) is 3.38. The van der Waals surface area contributed by atoms with Crippen LogP contribution in [0.2, 0.25) is 0 Å². The van der Waals surface area contributed by atoms with Gasteiger partial charge in [0.25, 0.3) is 0 Å². The van der Waals surface area contributed by atoms with Crippen LogP contribution in [0.5, 0.6) is 0 Å². The van der Waals surface area contributed by atoms with E-state index < -0.39 is 25.9 Å². The van der Waals surface area contributed by atoms with Crippen LogP contribution < -0.4 is 5.46 Å². The molecule has 0 amide bonds. The van der Waals surface area contributed by atoms with Gasteiger partial charge in [0.05, 0.1) is 0 Å². The molecule has 2 aromatic rings. The molecule has 0 fully saturated rings. The molecule has 1 heterocycles. The Balaban J connectivity index is 0.00000100. The van der Waals surface area contributed by atoms with Gasteiger partial charge < -0.3 is 14.8 Å². The Morgan fingerprint density at radius 2 is 1.67 bits per heavy atom. The van der Waals surface area contributed by atoms with Gasteiger partial charge in [-0.05, 0) is 23.2 Å². The van der Waals surface area contributed by atoms with E-state index in [1.54, 1.807) is 24.3 Å². The smallest absolute Gasteiger partial charge is 0.467 e. The Morgan fingerprint density at radius 3 is 2.21 bits per heavy atom. The molecule has 6 heteroatoms. The van der Waals surface area contributed by atoms with Crippen molar-refractivity contribution in [3.05, 3.63) is 65.7 Å². The highest BCUT2D eigenvalue weighted by Gasteiger charge is 2.33. The van der Waals surface area contributed by atoms with Crippen molar-refractivity contribution >= 4 is 18.5 Å². The molecule has 0 spiro atoms. The van der Waals surface area contributed by atoms with E-state index in [2.05, 4.69) is 4.99 Å². The summed E-state index contributed by atoms with van der Waals surface area (Å²) in [7, 11) is -1.52. The van der Waals surface area contributed by atoms with E-state index in [9.17, 15) is 4.39 Å². The van der Waals surface area contributed by atoms with Crippen molar-refractivity contribution in [3.8, 4) is 0 Å². The van der Waals surface area contributed by atoms with Crippen LogP contribution in [-0.4, -0.2) is 35.8 Å². The number of rotatable bonds is 4. The van der Waals surface area contributed by atoms with Gasteiger partial charge in [-0.2, -0.15) is 0 Å². The van der Waals surface area contributed by atoms with Crippen molar-refractivity contribution in [1.82, 2.24) is 0 Å². The van der Waals surface area contributed by atoms with Gasteiger partial charge in [0.1, 0.15) is 12.7 Å². The molecule has 0 saturated heterocycles. The van der Waals surface area contributed by atoms with Crippen LogP contribution >= 0.6 is 0 Å². The fourth-order valence-electron chi connectivity index (χ4n) is 2.43. The highest BCUT2D eigenvalue weighted by atomic mass is 19.1. The normalized spacial score (nSPS) is 19.0. The van der Waals surface area contributed by atoms with Crippen LogP contribution in [0.15, 0.2) is 59.6 Å². The molecule has 0 aliphatic carbocycles. The molecule has 1 aliphatic rings. The molecule has 2 atom stereocenters. The second-order valence-electron chi connectivity index (χ2n) is 5.10. The van der Waals surface area contributed by atoms with Gasteiger partial charge in [-0.1, -0.05) is 56.3 Å². The minimum Gasteiger partial charge on any atom is -0.467 e. The van der Waals surface area contributed by atoms with Gasteiger partial charge in [0, 0.05) is 5.56 Å². The first kappa shape index (κ1) is 18.2.